The van der Waals surface area contributed by atoms with Gasteiger partial charge in [-0.3, -0.25) is 4.79 Å². The highest BCUT2D eigenvalue weighted by molar-refractivity contribution is 9.09. The number of aryl methyl sites for hydroxylation is 1. The molecule has 1 aliphatic carbocycles. The molecular weight excluding hydrogens is 360 g/mol. The molecule has 23 heavy (non-hydrogen) atoms. The highest BCUT2D eigenvalue weighted by Gasteiger charge is 2.40. The molecule has 1 atom stereocenters. The number of benzene rings is 1. The van der Waals surface area contributed by atoms with Crippen LogP contribution in [0.1, 0.15) is 24.5 Å². The Hall–Kier alpha value is -1.88. The minimum absolute atomic E-state index is 0.00313. The lowest BCUT2D eigenvalue weighted by Crippen LogP contribution is -2.35. The van der Waals surface area contributed by atoms with E-state index in [1.165, 1.54) is 5.56 Å². The maximum atomic E-state index is 11.9. The van der Waals surface area contributed by atoms with Crippen LogP contribution in [-0.4, -0.2) is 27.5 Å². The number of rotatable bonds is 6. The molecule has 2 N–H and O–H groups in total. The zero-order valence-electron chi connectivity index (χ0n) is 12.9. The van der Waals surface area contributed by atoms with Crippen molar-refractivity contribution in [2.24, 2.45) is 5.41 Å². The van der Waals surface area contributed by atoms with Crippen molar-refractivity contribution in [3.8, 4) is 0 Å². The van der Waals surface area contributed by atoms with Crippen molar-refractivity contribution in [1.82, 2.24) is 0 Å². The standard InChI is InChI=1S/C18H19BrO4/c1-12-6-8-18(17(22)23,11-15(12)16(20)21)10-14-4-2-13(3-5-14)7-9-19/h2-6,8H,7,9-11H2,1H3,(H,20,21)(H,22,23). The van der Waals surface area contributed by atoms with Gasteiger partial charge in [-0.05, 0) is 42.9 Å². The third-order valence-electron chi connectivity index (χ3n) is 4.23. The number of allylic oxidation sites excluding steroid dienone is 2. The van der Waals surface area contributed by atoms with Gasteiger partial charge in [0.25, 0.3) is 0 Å². The van der Waals surface area contributed by atoms with E-state index in [9.17, 15) is 19.8 Å². The number of aliphatic carboxylic acids is 2. The lowest BCUT2D eigenvalue weighted by atomic mass is 9.72. The van der Waals surface area contributed by atoms with Crippen LogP contribution >= 0.6 is 15.9 Å². The molecule has 2 rings (SSSR count). The normalized spacial score (nSPS) is 20.6. The molecule has 0 aliphatic heterocycles. The molecule has 5 heteroatoms. The molecule has 0 spiro atoms. The van der Waals surface area contributed by atoms with E-state index in [1.807, 2.05) is 24.3 Å². The summed E-state index contributed by atoms with van der Waals surface area (Å²) >= 11 is 3.39. The first kappa shape index (κ1) is 17.5. The average molecular weight is 379 g/mol. The van der Waals surface area contributed by atoms with Gasteiger partial charge in [0, 0.05) is 10.9 Å². The third-order valence-corrected chi connectivity index (χ3v) is 4.63. The highest BCUT2D eigenvalue weighted by atomic mass is 79.9. The minimum Gasteiger partial charge on any atom is -0.481 e. The summed E-state index contributed by atoms with van der Waals surface area (Å²) in [6, 6.07) is 7.81. The Bertz CT molecular complexity index is 673. The lowest BCUT2D eigenvalue weighted by molar-refractivity contribution is -0.146. The van der Waals surface area contributed by atoms with Gasteiger partial charge in [-0.1, -0.05) is 52.3 Å². The Morgan fingerprint density at radius 2 is 1.78 bits per heavy atom. The summed E-state index contributed by atoms with van der Waals surface area (Å²) in [5.41, 5.74) is 1.65. The summed E-state index contributed by atoms with van der Waals surface area (Å²) in [6.07, 6.45) is 4.43. The molecule has 0 radical (unpaired) electrons. The second-order valence-electron chi connectivity index (χ2n) is 5.87. The van der Waals surface area contributed by atoms with Crippen LogP contribution in [0.15, 0.2) is 47.6 Å². The number of hydrogen-bond acceptors (Lipinski definition) is 2. The summed E-state index contributed by atoms with van der Waals surface area (Å²) in [4.78, 5) is 23.2. The maximum Gasteiger partial charge on any atom is 0.331 e. The molecule has 0 amide bonds. The molecule has 0 saturated carbocycles. The van der Waals surface area contributed by atoms with E-state index in [-0.39, 0.29) is 18.4 Å². The average Bonchev–Trinajstić information content (AvgIpc) is 2.51. The fourth-order valence-electron chi connectivity index (χ4n) is 2.78. The largest absolute Gasteiger partial charge is 0.481 e. The zero-order valence-corrected chi connectivity index (χ0v) is 14.5. The van der Waals surface area contributed by atoms with E-state index in [0.717, 1.165) is 17.3 Å². The van der Waals surface area contributed by atoms with Crippen molar-refractivity contribution in [2.75, 3.05) is 5.33 Å². The second kappa shape index (κ2) is 7.13. The van der Waals surface area contributed by atoms with Crippen LogP contribution in [0.25, 0.3) is 0 Å². The van der Waals surface area contributed by atoms with Crippen molar-refractivity contribution >= 4 is 27.9 Å². The van der Waals surface area contributed by atoms with Crippen LogP contribution < -0.4 is 0 Å². The van der Waals surface area contributed by atoms with Gasteiger partial charge < -0.3 is 10.2 Å². The zero-order chi connectivity index (χ0) is 17.0. The van der Waals surface area contributed by atoms with Crippen LogP contribution in [0.4, 0.5) is 0 Å². The molecule has 1 unspecified atom stereocenters. The van der Waals surface area contributed by atoms with E-state index in [0.29, 0.717) is 5.57 Å². The first-order chi connectivity index (χ1) is 10.9. The molecule has 122 valence electrons. The SMILES string of the molecule is CC1=C(C(=O)O)CC(Cc2ccc(CCBr)cc2)(C(=O)O)C=C1. The fraction of sp³-hybridized carbons (Fsp3) is 0.333. The topological polar surface area (TPSA) is 74.6 Å². The predicted octanol–water partition coefficient (Wildman–Crippen LogP) is 3.60. The van der Waals surface area contributed by atoms with Crippen molar-refractivity contribution < 1.29 is 19.8 Å². The van der Waals surface area contributed by atoms with E-state index in [2.05, 4.69) is 15.9 Å². The van der Waals surface area contributed by atoms with Gasteiger partial charge in [-0.25, -0.2) is 4.79 Å². The number of carbonyl (C=O) groups is 2. The van der Waals surface area contributed by atoms with Gasteiger partial charge in [0.05, 0.1) is 5.41 Å². The monoisotopic (exact) mass is 378 g/mol. The number of carboxylic acids is 2. The van der Waals surface area contributed by atoms with Crippen LogP contribution in [0.3, 0.4) is 0 Å². The number of halogens is 1. The molecule has 0 saturated heterocycles. The van der Waals surface area contributed by atoms with E-state index in [1.54, 1.807) is 19.1 Å². The first-order valence-corrected chi connectivity index (χ1v) is 8.49. The van der Waals surface area contributed by atoms with Crippen molar-refractivity contribution in [3.63, 3.8) is 0 Å². The molecule has 0 fully saturated rings. The molecule has 1 aromatic rings. The Morgan fingerprint density at radius 3 is 2.30 bits per heavy atom. The van der Waals surface area contributed by atoms with Crippen LogP contribution in [0.5, 0.6) is 0 Å². The molecule has 0 aromatic heterocycles. The molecule has 4 nitrogen and oxygen atoms in total. The van der Waals surface area contributed by atoms with E-state index in [4.69, 9.17) is 0 Å². The Balaban J connectivity index is 2.28. The number of alkyl halides is 1. The molecule has 1 aliphatic rings. The number of hydrogen-bond donors (Lipinski definition) is 2. The second-order valence-corrected chi connectivity index (χ2v) is 6.66. The van der Waals surface area contributed by atoms with Crippen LogP contribution in [0.2, 0.25) is 0 Å². The van der Waals surface area contributed by atoms with Gasteiger partial charge >= 0.3 is 11.9 Å². The van der Waals surface area contributed by atoms with Gasteiger partial charge in [0.15, 0.2) is 0 Å². The lowest BCUT2D eigenvalue weighted by Gasteiger charge is -2.30. The predicted molar refractivity (Wildman–Crippen MR) is 91.8 cm³/mol. The van der Waals surface area contributed by atoms with Gasteiger partial charge in [-0.2, -0.15) is 0 Å². The molecular formula is C18H19BrO4. The molecule has 0 heterocycles. The third kappa shape index (κ3) is 3.91. The van der Waals surface area contributed by atoms with E-state index < -0.39 is 17.4 Å². The van der Waals surface area contributed by atoms with E-state index >= 15 is 0 Å². The van der Waals surface area contributed by atoms with Crippen LogP contribution in [-0.2, 0) is 22.4 Å². The minimum atomic E-state index is -1.20. The van der Waals surface area contributed by atoms with Crippen molar-refractivity contribution in [2.45, 2.75) is 26.2 Å². The smallest absolute Gasteiger partial charge is 0.331 e. The Morgan fingerprint density at radius 1 is 1.17 bits per heavy atom. The Labute approximate surface area is 143 Å². The molecule has 1 aromatic carbocycles. The van der Waals surface area contributed by atoms with Gasteiger partial charge in [0.1, 0.15) is 0 Å². The maximum absolute atomic E-state index is 11.9. The molecule has 0 bridgehead atoms. The summed E-state index contributed by atoms with van der Waals surface area (Å²) in [7, 11) is 0. The summed E-state index contributed by atoms with van der Waals surface area (Å²) in [5, 5.41) is 19.9. The van der Waals surface area contributed by atoms with Crippen molar-refractivity contribution in [1.29, 1.82) is 0 Å². The summed E-state index contributed by atoms with van der Waals surface area (Å²) in [5.74, 6) is -2.05. The number of carboxylic acid groups (broad SMARTS) is 2. The van der Waals surface area contributed by atoms with Crippen molar-refractivity contribution in [3.05, 3.63) is 58.7 Å². The fourth-order valence-corrected chi connectivity index (χ4v) is 3.24. The van der Waals surface area contributed by atoms with Gasteiger partial charge in [0.2, 0.25) is 0 Å². The summed E-state index contributed by atoms with van der Waals surface area (Å²) < 4.78 is 0. The first-order valence-electron chi connectivity index (χ1n) is 7.37. The quantitative estimate of drug-likeness (QED) is 0.741. The van der Waals surface area contributed by atoms with Crippen LogP contribution in [0, 0.1) is 5.41 Å². The Kier molecular flexibility index (Phi) is 5.42. The highest BCUT2D eigenvalue weighted by Crippen LogP contribution is 2.38. The van der Waals surface area contributed by atoms with Gasteiger partial charge in [-0.15, -0.1) is 0 Å². The summed E-state index contributed by atoms with van der Waals surface area (Å²) in [6.45, 7) is 1.70.